The summed E-state index contributed by atoms with van der Waals surface area (Å²) < 4.78 is 24.9. The fourth-order valence-electron chi connectivity index (χ4n) is 2.57. The molecule has 0 aromatic carbocycles. The van der Waals surface area contributed by atoms with Crippen molar-refractivity contribution in [2.75, 3.05) is 19.3 Å². The number of piperidine rings is 1. The van der Waals surface area contributed by atoms with Gasteiger partial charge in [0, 0.05) is 19.1 Å². The molecule has 20 heavy (non-hydrogen) atoms. The minimum atomic E-state index is -3.23. The highest BCUT2D eigenvalue weighted by Crippen LogP contribution is 2.18. The largest absolute Gasteiger partial charge is 0.337 e. The van der Waals surface area contributed by atoms with Gasteiger partial charge in [0.1, 0.15) is 0 Å². The third kappa shape index (κ3) is 5.76. The summed E-state index contributed by atoms with van der Waals surface area (Å²) in [6.07, 6.45) is 4.57. The topological polar surface area (TPSA) is 92.5 Å². The molecule has 1 aliphatic heterocycles. The summed E-state index contributed by atoms with van der Waals surface area (Å²) in [5, 5.41) is 0. The minimum Gasteiger partial charge on any atom is -0.337 e. The van der Waals surface area contributed by atoms with Crippen molar-refractivity contribution >= 4 is 15.9 Å². The number of sulfonamides is 1. The van der Waals surface area contributed by atoms with Crippen molar-refractivity contribution in [3.63, 3.8) is 0 Å². The average molecular weight is 305 g/mol. The number of hydrogen-bond acceptors (Lipinski definition) is 4. The van der Waals surface area contributed by atoms with Crippen molar-refractivity contribution < 1.29 is 13.2 Å². The number of carbonyl (C=O) groups excluding carboxylic acids is 1. The summed E-state index contributed by atoms with van der Waals surface area (Å²) in [4.78, 5) is 14.2. The van der Waals surface area contributed by atoms with Gasteiger partial charge in [0.25, 0.3) is 0 Å². The van der Waals surface area contributed by atoms with Crippen LogP contribution in [0.3, 0.4) is 0 Å². The molecule has 3 N–H and O–H groups in total. The van der Waals surface area contributed by atoms with Crippen LogP contribution in [-0.2, 0) is 14.8 Å². The van der Waals surface area contributed by atoms with E-state index in [0.29, 0.717) is 18.9 Å². The van der Waals surface area contributed by atoms with Gasteiger partial charge in [-0.1, -0.05) is 13.8 Å². The van der Waals surface area contributed by atoms with E-state index in [9.17, 15) is 13.2 Å². The standard InChI is InChI=1S/C13H27N3O3S/c1-10(2)8-12(14)13(17)16-7-5-4-6-11(16)9-15-20(3,18)19/h10-12,15H,4-9,14H2,1-3H3/t11?,12-/m0/s1. The first kappa shape index (κ1) is 17.4. The molecule has 1 aliphatic rings. The molecule has 1 heterocycles. The van der Waals surface area contributed by atoms with E-state index in [1.807, 2.05) is 13.8 Å². The lowest BCUT2D eigenvalue weighted by Crippen LogP contribution is -2.54. The van der Waals surface area contributed by atoms with E-state index < -0.39 is 16.1 Å². The van der Waals surface area contributed by atoms with Gasteiger partial charge in [-0.3, -0.25) is 4.79 Å². The number of nitrogens with two attached hydrogens (primary N) is 1. The molecule has 0 bridgehead atoms. The van der Waals surface area contributed by atoms with Crippen molar-refractivity contribution in [1.29, 1.82) is 0 Å². The van der Waals surface area contributed by atoms with E-state index >= 15 is 0 Å². The SMILES string of the molecule is CC(C)C[C@H](N)C(=O)N1CCCCC1CNS(C)(=O)=O. The molecule has 0 aromatic heterocycles. The highest BCUT2D eigenvalue weighted by Gasteiger charge is 2.30. The third-order valence-electron chi connectivity index (χ3n) is 3.53. The number of nitrogens with zero attached hydrogens (tertiary/aromatic N) is 1. The van der Waals surface area contributed by atoms with Gasteiger partial charge in [-0.25, -0.2) is 13.1 Å². The van der Waals surface area contributed by atoms with Crippen LogP contribution in [0.1, 0.15) is 39.5 Å². The minimum absolute atomic E-state index is 0.0568. The van der Waals surface area contributed by atoms with Gasteiger partial charge in [-0.15, -0.1) is 0 Å². The van der Waals surface area contributed by atoms with Crippen molar-refractivity contribution in [2.24, 2.45) is 11.7 Å². The summed E-state index contributed by atoms with van der Waals surface area (Å²) >= 11 is 0. The van der Waals surface area contributed by atoms with Crippen molar-refractivity contribution in [1.82, 2.24) is 9.62 Å². The lowest BCUT2D eigenvalue weighted by atomic mass is 9.98. The van der Waals surface area contributed by atoms with Crippen molar-refractivity contribution in [2.45, 2.75) is 51.6 Å². The van der Waals surface area contributed by atoms with Gasteiger partial charge in [0.15, 0.2) is 0 Å². The number of rotatable bonds is 6. The molecule has 0 saturated carbocycles. The maximum absolute atomic E-state index is 12.4. The van der Waals surface area contributed by atoms with Crippen LogP contribution in [0.2, 0.25) is 0 Å². The molecule has 6 nitrogen and oxygen atoms in total. The summed E-state index contributed by atoms with van der Waals surface area (Å²) in [6.45, 7) is 5.01. The predicted octanol–water partition coefficient (Wildman–Crippen LogP) is 0.290. The zero-order valence-corrected chi connectivity index (χ0v) is 13.4. The van der Waals surface area contributed by atoms with Crippen LogP contribution < -0.4 is 10.5 Å². The number of amides is 1. The molecule has 0 radical (unpaired) electrons. The molecule has 0 aliphatic carbocycles. The predicted molar refractivity (Wildman–Crippen MR) is 79.6 cm³/mol. The third-order valence-corrected chi connectivity index (χ3v) is 4.22. The van der Waals surface area contributed by atoms with Crippen LogP contribution in [0.15, 0.2) is 0 Å². The molecule has 1 rings (SSSR count). The fraction of sp³-hybridized carbons (Fsp3) is 0.923. The Bertz CT molecular complexity index is 423. The molecule has 1 unspecified atom stereocenters. The Labute approximate surface area is 122 Å². The molecule has 2 atom stereocenters. The highest BCUT2D eigenvalue weighted by atomic mass is 32.2. The lowest BCUT2D eigenvalue weighted by Gasteiger charge is -2.37. The Morgan fingerprint density at radius 1 is 1.40 bits per heavy atom. The molecule has 0 spiro atoms. The molecule has 1 fully saturated rings. The van der Waals surface area contributed by atoms with Crippen LogP contribution in [-0.4, -0.2) is 50.7 Å². The van der Waals surface area contributed by atoms with E-state index in [1.165, 1.54) is 0 Å². The molecule has 118 valence electrons. The maximum Gasteiger partial charge on any atom is 0.239 e. The smallest absolute Gasteiger partial charge is 0.239 e. The second kappa shape index (κ2) is 7.38. The second-order valence-electron chi connectivity index (χ2n) is 6.04. The Morgan fingerprint density at radius 2 is 2.05 bits per heavy atom. The van der Waals surface area contributed by atoms with Crippen molar-refractivity contribution in [3.8, 4) is 0 Å². The normalized spacial score (nSPS) is 22.1. The first-order chi connectivity index (χ1) is 9.20. The first-order valence-electron chi connectivity index (χ1n) is 7.21. The summed E-state index contributed by atoms with van der Waals surface area (Å²) in [6, 6.07) is -0.571. The zero-order valence-electron chi connectivity index (χ0n) is 12.6. The molecule has 7 heteroatoms. The maximum atomic E-state index is 12.4. The quantitative estimate of drug-likeness (QED) is 0.737. The van der Waals surface area contributed by atoms with Crippen LogP contribution in [0, 0.1) is 5.92 Å². The van der Waals surface area contributed by atoms with E-state index in [4.69, 9.17) is 5.73 Å². The number of carbonyl (C=O) groups is 1. The number of hydrogen-bond donors (Lipinski definition) is 2. The molecule has 0 aromatic rings. The highest BCUT2D eigenvalue weighted by molar-refractivity contribution is 7.88. The molecular weight excluding hydrogens is 278 g/mol. The van der Waals surface area contributed by atoms with Gasteiger partial charge < -0.3 is 10.6 Å². The number of nitrogens with one attached hydrogen (secondary N) is 1. The zero-order chi connectivity index (χ0) is 15.3. The van der Waals surface area contributed by atoms with Gasteiger partial charge in [0.2, 0.25) is 15.9 Å². The van der Waals surface area contributed by atoms with Gasteiger partial charge in [-0.05, 0) is 31.6 Å². The van der Waals surface area contributed by atoms with E-state index in [0.717, 1.165) is 25.5 Å². The van der Waals surface area contributed by atoms with Crippen LogP contribution in [0.4, 0.5) is 0 Å². The van der Waals surface area contributed by atoms with Crippen molar-refractivity contribution in [3.05, 3.63) is 0 Å². The fourth-order valence-corrected chi connectivity index (χ4v) is 3.07. The van der Waals surface area contributed by atoms with Crippen LogP contribution in [0.25, 0.3) is 0 Å². The number of likely N-dealkylation sites (tertiary alicyclic amines) is 1. The Kier molecular flexibility index (Phi) is 6.42. The monoisotopic (exact) mass is 305 g/mol. The molecule has 1 saturated heterocycles. The van der Waals surface area contributed by atoms with E-state index in [2.05, 4.69) is 4.72 Å². The van der Waals surface area contributed by atoms with Gasteiger partial charge in [-0.2, -0.15) is 0 Å². The second-order valence-corrected chi connectivity index (χ2v) is 7.87. The average Bonchev–Trinajstić information content (AvgIpc) is 2.34. The molecular formula is C13H27N3O3S. The Balaban J connectivity index is 2.65. The van der Waals surface area contributed by atoms with E-state index in [-0.39, 0.29) is 18.5 Å². The molecule has 1 amide bonds. The first-order valence-corrected chi connectivity index (χ1v) is 9.10. The van der Waals surface area contributed by atoms with Crippen LogP contribution >= 0.6 is 0 Å². The van der Waals surface area contributed by atoms with Gasteiger partial charge >= 0.3 is 0 Å². The van der Waals surface area contributed by atoms with Gasteiger partial charge in [0.05, 0.1) is 12.3 Å². The Hall–Kier alpha value is -0.660. The summed E-state index contributed by atoms with van der Waals surface area (Å²) in [7, 11) is -3.23. The lowest BCUT2D eigenvalue weighted by molar-refractivity contribution is -0.136. The Morgan fingerprint density at radius 3 is 2.60 bits per heavy atom. The summed E-state index contributed by atoms with van der Waals surface area (Å²) in [5.41, 5.74) is 5.96. The van der Waals surface area contributed by atoms with E-state index in [1.54, 1.807) is 4.90 Å². The summed E-state index contributed by atoms with van der Waals surface area (Å²) in [5.74, 6) is 0.310. The van der Waals surface area contributed by atoms with Crippen LogP contribution in [0.5, 0.6) is 0 Å².